The largest absolute Gasteiger partial charge is 0.493 e. The first kappa shape index (κ1) is 15.2. The summed E-state index contributed by atoms with van der Waals surface area (Å²) >= 11 is 0. The van der Waals surface area contributed by atoms with Gasteiger partial charge >= 0.3 is 0 Å². The first-order valence-corrected chi connectivity index (χ1v) is 7.31. The van der Waals surface area contributed by atoms with E-state index in [4.69, 9.17) is 4.74 Å². The molecule has 1 fully saturated rings. The third-order valence-corrected chi connectivity index (χ3v) is 3.91. The zero-order valence-electron chi connectivity index (χ0n) is 11.8. The van der Waals surface area contributed by atoms with E-state index >= 15 is 0 Å². The van der Waals surface area contributed by atoms with Crippen LogP contribution in [0.4, 0.5) is 8.78 Å². The summed E-state index contributed by atoms with van der Waals surface area (Å²) in [6.45, 7) is 2.61. The van der Waals surface area contributed by atoms with Crippen LogP contribution in [-0.4, -0.2) is 17.6 Å². The van der Waals surface area contributed by atoms with Gasteiger partial charge in [-0.3, -0.25) is 0 Å². The number of aliphatic hydroxyl groups excluding tert-OH is 1. The number of benzene rings is 1. The fourth-order valence-corrected chi connectivity index (χ4v) is 2.70. The number of alkyl halides is 2. The number of ether oxygens (including phenoxy) is 1. The standard InChI is InChI=1S/C16H22F2O2/c1-2-11-20-14-6-4-3-5-13(14)15(19)12-7-9-16(17,18)10-8-12/h3-6,12,15,19H,2,7-11H2,1H3. The van der Waals surface area contributed by atoms with Crippen LogP contribution >= 0.6 is 0 Å². The smallest absolute Gasteiger partial charge is 0.248 e. The van der Waals surface area contributed by atoms with Gasteiger partial charge in [-0.1, -0.05) is 25.1 Å². The van der Waals surface area contributed by atoms with Gasteiger partial charge in [0, 0.05) is 18.4 Å². The number of rotatable bonds is 5. The van der Waals surface area contributed by atoms with Gasteiger partial charge in [-0.05, 0) is 31.2 Å². The molecule has 0 heterocycles. The maximum Gasteiger partial charge on any atom is 0.248 e. The molecule has 1 aromatic rings. The van der Waals surface area contributed by atoms with Crippen molar-refractivity contribution in [3.63, 3.8) is 0 Å². The van der Waals surface area contributed by atoms with Gasteiger partial charge in [0.05, 0.1) is 12.7 Å². The van der Waals surface area contributed by atoms with Gasteiger partial charge in [0.25, 0.3) is 0 Å². The van der Waals surface area contributed by atoms with Gasteiger partial charge in [0.2, 0.25) is 5.92 Å². The van der Waals surface area contributed by atoms with Crippen LogP contribution in [0.15, 0.2) is 24.3 Å². The molecule has 2 nitrogen and oxygen atoms in total. The molecule has 0 amide bonds. The average molecular weight is 284 g/mol. The third kappa shape index (κ3) is 3.69. The van der Waals surface area contributed by atoms with Crippen LogP contribution in [0.3, 0.4) is 0 Å². The van der Waals surface area contributed by atoms with Gasteiger partial charge < -0.3 is 9.84 Å². The van der Waals surface area contributed by atoms with Gasteiger partial charge in [0.15, 0.2) is 0 Å². The SMILES string of the molecule is CCCOc1ccccc1C(O)C1CCC(F)(F)CC1. The number of halogens is 2. The zero-order chi connectivity index (χ0) is 14.6. The van der Waals surface area contributed by atoms with Crippen molar-refractivity contribution in [2.45, 2.75) is 51.1 Å². The van der Waals surface area contributed by atoms with Gasteiger partial charge in [-0.15, -0.1) is 0 Å². The Hall–Kier alpha value is -1.16. The molecule has 2 rings (SSSR count). The number of hydrogen-bond donors (Lipinski definition) is 1. The zero-order valence-corrected chi connectivity index (χ0v) is 11.8. The van der Waals surface area contributed by atoms with Crippen LogP contribution in [0, 0.1) is 5.92 Å². The molecule has 1 aliphatic rings. The molecule has 0 spiro atoms. The van der Waals surface area contributed by atoms with Crippen molar-refractivity contribution in [2.24, 2.45) is 5.92 Å². The van der Waals surface area contributed by atoms with Gasteiger partial charge in [-0.25, -0.2) is 8.78 Å². The molecule has 112 valence electrons. The Bertz CT molecular complexity index is 424. The van der Waals surface area contributed by atoms with Crippen LogP contribution in [0.1, 0.15) is 50.7 Å². The van der Waals surface area contributed by atoms with E-state index in [2.05, 4.69) is 0 Å². The molecule has 0 bridgehead atoms. The van der Waals surface area contributed by atoms with Gasteiger partial charge in [0.1, 0.15) is 5.75 Å². The van der Waals surface area contributed by atoms with Crippen LogP contribution in [-0.2, 0) is 0 Å². The van der Waals surface area contributed by atoms with E-state index in [0.717, 1.165) is 12.0 Å². The number of aliphatic hydroxyl groups is 1. The second-order valence-electron chi connectivity index (χ2n) is 5.52. The fraction of sp³-hybridized carbons (Fsp3) is 0.625. The van der Waals surface area contributed by atoms with Crippen LogP contribution in [0.2, 0.25) is 0 Å². The number of hydrogen-bond acceptors (Lipinski definition) is 2. The molecular formula is C16H22F2O2. The quantitative estimate of drug-likeness (QED) is 0.871. The molecule has 1 unspecified atom stereocenters. The Labute approximate surface area is 118 Å². The molecule has 1 N–H and O–H groups in total. The molecule has 0 radical (unpaired) electrons. The van der Waals surface area contributed by atoms with E-state index in [1.807, 2.05) is 31.2 Å². The molecule has 0 aromatic heterocycles. The molecular weight excluding hydrogens is 262 g/mol. The van der Waals surface area contributed by atoms with Crippen LogP contribution < -0.4 is 4.74 Å². The molecule has 1 atom stereocenters. The Morgan fingerprint density at radius 1 is 1.30 bits per heavy atom. The normalized spacial score (nSPS) is 20.6. The molecule has 1 aromatic carbocycles. The lowest BCUT2D eigenvalue weighted by atomic mass is 9.81. The van der Waals surface area contributed by atoms with Crippen LogP contribution in [0.5, 0.6) is 5.75 Å². The number of para-hydroxylation sites is 1. The summed E-state index contributed by atoms with van der Waals surface area (Å²) in [6.07, 6.45) is 0.616. The highest BCUT2D eigenvalue weighted by atomic mass is 19.3. The second kappa shape index (κ2) is 6.53. The fourth-order valence-electron chi connectivity index (χ4n) is 2.70. The molecule has 1 saturated carbocycles. The van der Waals surface area contributed by atoms with Crippen molar-refractivity contribution in [1.29, 1.82) is 0 Å². The Morgan fingerprint density at radius 3 is 2.60 bits per heavy atom. The van der Waals surface area contributed by atoms with Crippen molar-refractivity contribution in [3.8, 4) is 5.75 Å². The highest BCUT2D eigenvalue weighted by Gasteiger charge is 2.38. The second-order valence-corrected chi connectivity index (χ2v) is 5.52. The summed E-state index contributed by atoms with van der Waals surface area (Å²) in [6, 6.07) is 7.35. The van der Waals surface area contributed by atoms with E-state index in [1.54, 1.807) is 0 Å². The summed E-state index contributed by atoms with van der Waals surface area (Å²) in [5.41, 5.74) is 0.719. The van der Waals surface area contributed by atoms with Crippen molar-refractivity contribution in [3.05, 3.63) is 29.8 Å². The topological polar surface area (TPSA) is 29.5 Å². The van der Waals surface area contributed by atoms with Crippen LogP contribution in [0.25, 0.3) is 0 Å². The molecule has 1 aliphatic carbocycles. The third-order valence-electron chi connectivity index (χ3n) is 3.91. The first-order valence-electron chi connectivity index (χ1n) is 7.31. The summed E-state index contributed by atoms with van der Waals surface area (Å²) in [4.78, 5) is 0. The van der Waals surface area contributed by atoms with E-state index in [9.17, 15) is 13.9 Å². The molecule has 20 heavy (non-hydrogen) atoms. The van der Waals surface area contributed by atoms with E-state index in [-0.39, 0.29) is 18.8 Å². The minimum atomic E-state index is -2.56. The molecule has 0 saturated heterocycles. The summed E-state index contributed by atoms with van der Waals surface area (Å²) in [5, 5.41) is 10.5. The van der Waals surface area contributed by atoms with Crippen molar-refractivity contribution in [1.82, 2.24) is 0 Å². The molecule has 4 heteroatoms. The lowest BCUT2D eigenvalue weighted by Crippen LogP contribution is -2.27. The minimum Gasteiger partial charge on any atom is -0.493 e. The Balaban J connectivity index is 2.07. The molecule has 0 aliphatic heterocycles. The highest BCUT2D eigenvalue weighted by molar-refractivity contribution is 5.35. The predicted molar refractivity (Wildman–Crippen MR) is 74.1 cm³/mol. The first-order chi connectivity index (χ1) is 9.53. The lowest BCUT2D eigenvalue weighted by molar-refractivity contribution is -0.0629. The van der Waals surface area contributed by atoms with E-state index in [0.29, 0.717) is 25.2 Å². The maximum absolute atomic E-state index is 13.2. The van der Waals surface area contributed by atoms with Crippen molar-refractivity contribution in [2.75, 3.05) is 6.61 Å². The average Bonchev–Trinajstić information content (AvgIpc) is 2.45. The summed E-state index contributed by atoms with van der Waals surface area (Å²) in [7, 11) is 0. The van der Waals surface area contributed by atoms with Crippen molar-refractivity contribution >= 4 is 0 Å². The van der Waals surface area contributed by atoms with E-state index < -0.39 is 12.0 Å². The summed E-state index contributed by atoms with van der Waals surface area (Å²) < 4.78 is 32.0. The van der Waals surface area contributed by atoms with Crippen molar-refractivity contribution < 1.29 is 18.6 Å². The van der Waals surface area contributed by atoms with Gasteiger partial charge in [-0.2, -0.15) is 0 Å². The maximum atomic E-state index is 13.2. The highest BCUT2D eigenvalue weighted by Crippen LogP contribution is 2.42. The Morgan fingerprint density at radius 2 is 1.95 bits per heavy atom. The Kier molecular flexibility index (Phi) is 4.97. The minimum absolute atomic E-state index is 0.110. The predicted octanol–water partition coefficient (Wildman–Crippen LogP) is 4.33. The summed E-state index contributed by atoms with van der Waals surface area (Å²) in [5.74, 6) is -2.01. The lowest BCUT2D eigenvalue weighted by Gasteiger charge is -2.32. The van der Waals surface area contributed by atoms with E-state index in [1.165, 1.54) is 0 Å². The monoisotopic (exact) mass is 284 g/mol.